The van der Waals surface area contributed by atoms with Crippen LogP contribution in [0.5, 0.6) is 0 Å². The van der Waals surface area contributed by atoms with E-state index in [0.29, 0.717) is 0 Å². The highest BCUT2D eigenvalue weighted by Crippen LogP contribution is 2.19. The molecular weight excluding hydrogens is 340 g/mol. The van der Waals surface area contributed by atoms with Crippen molar-refractivity contribution < 1.29 is 0 Å². The van der Waals surface area contributed by atoms with Crippen molar-refractivity contribution >= 4 is 31.9 Å². The average Bonchev–Trinajstić information content (AvgIpc) is 2.27. The van der Waals surface area contributed by atoms with Crippen LogP contribution in [0.15, 0.2) is 51.4 Å². The summed E-state index contributed by atoms with van der Waals surface area (Å²) in [5.74, 6) is 6.30. The van der Waals surface area contributed by atoms with Gasteiger partial charge in [0.25, 0.3) is 0 Å². The minimum atomic E-state index is 0.992. The highest BCUT2D eigenvalue weighted by molar-refractivity contribution is 9.11. The molecule has 0 radical (unpaired) electrons. The van der Waals surface area contributed by atoms with Gasteiger partial charge in [0.15, 0.2) is 0 Å². The molecule has 0 aliphatic rings. The summed E-state index contributed by atoms with van der Waals surface area (Å²) in [5.41, 5.74) is 3.28. The zero-order valence-corrected chi connectivity index (χ0v) is 12.5. The Balaban J connectivity index is 2.29. The maximum Gasteiger partial charge on any atom is 0.0271 e. The van der Waals surface area contributed by atoms with Gasteiger partial charge < -0.3 is 0 Å². The normalized spacial score (nSPS) is 9.59. The molecule has 0 saturated carbocycles. The fourth-order valence-electron chi connectivity index (χ4n) is 1.41. The highest BCUT2D eigenvalue weighted by atomic mass is 79.9. The maximum absolute atomic E-state index is 3.45. The van der Waals surface area contributed by atoms with E-state index in [1.165, 1.54) is 5.56 Å². The Kier molecular flexibility index (Phi) is 4.04. The molecular formula is C15H10Br2. The van der Waals surface area contributed by atoms with Gasteiger partial charge in [-0.2, -0.15) is 0 Å². The van der Waals surface area contributed by atoms with Crippen molar-refractivity contribution in [2.45, 2.75) is 6.92 Å². The Morgan fingerprint density at radius 1 is 0.765 bits per heavy atom. The van der Waals surface area contributed by atoms with Gasteiger partial charge in [0.1, 0.15) is 0 Å². The van der Waals surface area contributed by atoms with Crippen LogP contribution in [0.4, 0.5) is 0 Å². The summed E-state index contributed by atoms with van der Waals surface area (Å²) >= 11 is 6.90. The third-order valence-electron chi connectivity index (χ3n) is 2.27. The monoisotopic (exact) mass is 348 g/mol. The van der Waals surface area contributed by atoms with Crippen molar-refractivity contribution in [3.8, 4) is 11.8 Å². The first-order valence-electron chi connectivity index (χ1n) is 5.18. The van der Waals surface area contributed by atoms with Crippen LogP contribution in [0.25, 0.3) is 0 Å². The molecule has 2 rings (SSSR count). The summed E-state index contributed by atoms with van der Waals surface area (Å²) in [6, 6.07) is 14.2. The Hall–Kier alpha value is -1.04. The number of rotatable bonds is 0. The molecule has 0 amide bonds. The average molecular weight is 350 g/mol. The fraction of sp³-hybridized carbons (Fsp3) is 0.0667. The summed E-state index contributed by atoms with van der Waals surface area (Å²) in [7, 11) is 0. The molecule has 84 valence electrons. The minimum absolute atomic E-state index is 0.992. The predicted molar refractivity (Wildman–Crippen MR) is 79.0 cm³/mol. The first-order chi connectivity index (χ1) is 8.13. The van der Waals surface area contributed by atoms with E-state index in [-0.39, 0.29) is 0 Å². The molecule has 2 aromatic carbocycles. The molecule has 2 aromatic rings. The molecule has 2 heteroatoms. The standard InChI is InChI=1S/C15H10Br2/c1-11-2-4-12(5-3-11)6-7-13-8-14(16)10-15(17)9-13/h2-5,8-10H,1H3. The van der Waals surface area contributed by atoms with Crippen LogP contribution < -0.4 is 0 Å². The summed E-state index contributed by atoms with van der Waals surface area (Å²) in [5, 5.41) is 0. The molecule has 0 N–H and O–H groups in total. The van der Waals surface area contributed by atoms with Gasteiger partial charge in [-0.05, 0) is 37.3 Å². The Labute approximate surface area is 118 Å². The molecule has 0 fully saturated rings. The molecule has 0 aliphatic heterocycles. The second-order valence-electron chi connectivity index (χ2n) is 3.77. The molecule has 0 spiro atoms. The summed E-state index contributed by atoms with van der Waals surface area (Å²) < 4.78 is 2.06. The lowest BCUT2D eigenvalue weighted by molar-refractivity contribution is 1.46. The molecule has 0 nitrogen and oxygen atoms in total. The lowest BCUT2D eigenvalue weighted by Crippen LogP contribution is -1.78. The van der Waals surface area contributed by atoms with Crippen molar-refractivity contribution in [2.75, 3.05) is 0 Å². The van der Waals surface area contributed by atoms with Crippen LogP contribution in [0.1, 0.15) is 16.7 Å². The number of hydrogen-bond acceptors (Lipinski definition) is 0. The Morgan fingerprint density at radius 3 is 1.88 bits per heavy atom. The van der Waals surface area contributed by atoms with E-state index in [9.17, 15) is 0 Å². The predicted octanol–water partition coefficient (Wildman–Crippen LogP) is 4.92. The van der Waals surface area contributed by atoms with Crippen molar-refractivity contribution in [3.63, 3.8) is 0 Å². The topological polar surface area (TPSA) is 0 Å². The Morgan fingerprint density at radius 2 is 1.29 bits per heavy atom. The van der Waals surface area contributed by atoms with Crippen molar-refractivity contribution in [1.82, 2.24) is 0 Å². The molecule has 0 unspecified atom stereocenters. The van der Waals surface area contributed by atoms with E-state index in [1.807, 2.05) is 30.3 Å². The third-order valence-corrected chi connectivity index (χ3v) is 3.18. The SMILES string of the molecule is Cc1ccc(C#Cc2cc(Br)cc(Br)c2)cc1. The van der Waals surface area contributed by atoms with E-state index in [4.69, 9.17) is 0 Å². The molecule has 0 aromatic heterocycles. The fourth-order valence-corrected chi connectivity index (χ4v) is 2.70. The Bertz CT molecular complexity index is 566. The van der Waals surface area contributed by atoms with Gasteiger partial charge in [0.2, 0.25) is 0 Å². The van der Waals surface area contributed by atoms with E-state index in [2.05, 4.69) is 62.8 Å². The van der Waals surface area contributed by atoms with Gasteiger partial charge >= 0.3 is 0 Å². The van der Waals surface area contributed by atoms with Crippen LogP contribution in [-0.2, 0) is 0 Å². The first kappa shape index (κ1) is 12.4. The molecule has 0 atom stereocenters. The number of aryl methyl sites for hydroxylation is 1. The van der Waals surface area contributed by atoms with Gasteiger partial charge in [-0.3, -0.25) is 0 Å². The zero-order valence-electron chi connectivity index (χ0n) is 9.30. The molecule has 0 bridgehead atoms. The van der Waals surface area contributed by atoms with Gasteiger partial charge in [-0.15, -0.1) is 0 Å². The molecule has 0 saturated heterocycles. The van der Waals surface area contributed by atoms with E-state index in [0.717, 1.165) is 20.1 Å². The van der Waals surface area contributed by atoms with Gasteiger partial charge in [-0.25, -0.2) is 0 Å². The van der Waals surface area contributed by atoms with E-state index < -0.39 is 0 Å². The van der Waals surface area contributed by atoms with Crippen molar-refractivity contribution in [1.29, 1.82) is 0 Å². The molecule has 0 aliphatic carbocycles. The van der Waals surface area contributed by atoms with Gasteiger partial charge in [-0.1, -0.05) is 61.4 Å². The van der Waals surface area contributed by atoms with Gasteiger partial charge in [0.05, 0.1) is 0 Å². The first-order valence-corrected chi connectivity index (χ1v) is 6.77. The third kappa shape index (κ3) is 3.73. The van der Waals surface area contributed by atoms with Crippen molar-refractivity contribution in [3.05, 3.63) is 68.1 Å². The largest absolute Gasteiger partial charge is 0.0617 e. The lowest BCUT2D eigenvalue weighted by Gasteiger charge is -1.95. The van der Waals surface area contributed by atoms with Crippen LogP contribution in [-0.4, -0.2) is 0 Å². The smallest absolute Gasteiger partial charge is 0.0271 e. The lowest BCUT2D eigenvalue weighted by atomic mass is 10.1. The number of benzene rings is 2. The maximum atomic E-state index is 3.45. The van der Waals surface area contributed by atoms with E-state index >= 15 is 0 Å². The van der Waals surface area contributed by atoms with Crippen LogP contribution in [0.2, 0.25) is 0 Å². The van der Waals surface area contributed by atoms with Crippen molar-refractivity contribution in [2.24, 2.45) is 0 Å². The summed E-state index contributed by atoms with van der Waals surface area (Å²) in [4.78, 5) is 0. The highest BCUT2D eigenvalue weighted by Gasteiger charge is 1.94. The minimum Gasteiger partial charge on any atom is -0.0617 e. The number of hydrogen-bond donors (Lipinski definition) is 0. The van der Waals surface area contributed by atoms with E-state index in [1.54, 1.807) is 0 Å². The van der Waals surface area contributed by atoms with Crippen LogP contribution in [0.3, 0.4) is 0 Å². The van der Waals surface area contributed by atoms with Gasteiger partial charge in [0, 0.05) is 20.1 Å². The van der Waals surface area contributed by atoms with Crippen LogP contribution in [0, 0.1) is 18.8 Å². The zero-order chi connectivity index (χ0) is 12.3. The second kappa shape index (κ2) is 5.53. The summed E-state index contributed by atoms with van der Waals surface area (Å²) in [6.45, 7) is 2.07. The second-order valence-corrected chi connectivity index (χ2v) is 5.61. The van der Waals surface area contributed by atoms with Crippen LogP contribution >= 0.6 is 31.9 Å². The molecule has 0 heterocycles. The summed E-state index contributed by atoms with van der Waals surface area (Å²) in [6.07, 6.45) is 0. The molecule has 17 heavy (non-hydrogen) atoms. The number of halogens is 2. The quantitative estimate of drug-likeness (QED) is 0.592.